The maximum Gasteiger partial charge on any atom is 0.265 e. The zero-order valence-electron chi connectivity index (χ0n) is 8.26. The molecule has 0 aliphatic carbocycles. The van der Waals surface area contributed by atoms with Crippen molar-refractivity contribution in [1.82, 2.24) is 10.2 Å². The van der Waals surface area contributed by atoms with Gasteiger partial charge in [-0.3, -0.25) is 9.59 Å². The molecule has 0 radical (unpaired) electrons. The van der Waals surface area contributed by atoms with E-state index in [-0.39, 0.29) is 16.8 Å². The molecule has 0 spiro atoms. The Kier molecular flexibility index (Phi) is 2.85. The van der Waals surface area contributed by atoms with Gasteiger partial charge in [0.15, 0.2) is 0 Å². The molecule has 0 aromatic carbocycles. The topological polar surface area (TPSA) is 49.4 Å². The Labute approximate surface area is 87.9 Å². The van der Waals surface area contributed by atoms with E-state index in [1.807, 2.05) is 0 Å². The van der Waals surface area contributed by atoms with Crippen LogP contribution in [0, 0.1) is 0 Å². The third-order valence-electron chi connectivity index (χ3n) is 2.33. The Morgan fingerprint density at radius 2 is 2.21 bits per heavy atom. The number of nitrogens with one attached hydrogen (secondary N) is 1. The molecule has 1 heterocycles. The van der Waals surface area contributed by atoms with Crippen LogP contribution in [0.25, 0.3) is 0 Å². The summed E-state index contributed by atoms with van der Waals surface area (Å²) in [6, 6.07) is 0. The van der Waals surface area contributed by atoms with Crippen molar-refractivity contribution in [3.8, 4) is 0 Å². The molecule has 0 unspecified atom stereocenters. The molecule has 14 heavy (non-hydrogen) atoms. The number of rotatable bonds is 1. The van der Waals surface area contributed by atoms with Crippen LogP contribution >= 0.6 is 11.6 Å². The highest BCUT2D eigenvalue weighted by atomic mass is 35.5. The normalized spacial score (nSPS) is 20.2. The van der Waals surface area contributed by atoms with Gasteiger partial charge in [-0.05, 0) is 13.8 Å². The summed E-state index contributed by atoms with van der Waals surface area (Å²) in [5.41, 5.74) is -0.854. The van der Waals surface area contributed by atoms with Gasteiger partial charge in [-0.15, -0.1) is 0 Å². The molecule has 1 N–H and O–H groups in total. The molecular weight excluding hydrogens is 204 g/mol. The van der Waals surface area contributed by atoms with Crippen LogP contribution in [0.15, 0.2) is 11.6 Å². The van der Waals surface area contributed by atoms with Crippen molar-refractivity contribution < 1.29 is 9.59 Å². The number of carbonyl (C=O) groups excluding carboxylic acids is 2. The number of hydrogen-bond donors (Lipinski definition) is 1. The average molecular weight is 217 g/mol. The van der Waals surface area contributed by atoms with Crippen molar-refractivity contribution in [2.75, 3.05) is 13.1 Å². The number of nitrogens with zero attached hydrogens (tertiary/aromatic N) is 1. The average Bonchev–Trinajstić information content (AvgIpc) is 2.08. The highest BCUT2D eigenvalue weighted by molar-refractivity contribution is 6.41. The maximum atomic E-state index is 11.6. The van der Waals surface area contributed by atoms with Gasteiger partial charge in [0, 0.05) is 13.1 Å². The first-order valence-electron chi connectivity index (χ1n) is 4.32. The highest BCUT2D eigenvalue weighted by Crippen LogP contribution is 2.20. The van der Waals surface area contributed by atoms with E-state index in [2.05, 4.69) is 11.9 Å². The lowest BCUT2D eigenvalue weighted by molar-refractivity contribution is -0.146. The van der Waals surface area contributed by atoms with Crippen molar-refractivity contribution in [1.29, 1.82) is 0 Å². The smallest absolute Gasteiger partial charge is 0.265 e. The molecule has 0 aromatic heterocycles. The molecule has 1 saturated heterocycles. The SMILES string of the molecule is C=C(Cl)C(=O)N1CCNC(=O)C1(C)C. The zero-order valence-corrected chi connectivity index (χ0v) is 9.02. The van der Waals surface area contributed by atoms with E-state index in [0.29, 0.717) is 13.1 Å². The Balaban J connectivity index is 2.92. The third kappa shape index (κ3) is 1.75. The molecule has 78 valence electrons. The van der Waals surface area contributed by atoms with Gasteiger partial charge in [0.25, 0.3) is 5.91 Å². The summed E-state index contributed by atoms with van der Waals surface area (Å²) in [5.74, 6) is -0.554. The molecule has 5 heteroatoms. The van der Waals surface area contributed by atoms with E-state index in [1.165, 1.54) is 4.90 Å². The van der Waals surface area contributed by atoms with Gasteiger partial charge in [0.1, 0.15) is 5.54 Å². The fourth-order valence-corrected chi connectivity index (χ4v) is 1.50. The summed E-state index contributed by atoms with van der Waals surface area (Å²) in [4.78, 5) is 24.5. The molecule has 4 nitrogen and oxygen atoms in total. The standard InChI is InChI=1S/C9H13ClN2O2/c1-6(10)7(13)12-5-4-11-8(14)9(12,2)3/h1,4-5H2,2-3H3,(H,11,14). The summed E-state index contributed by atoms with van der Waals surface area (Å²) in [5, 5.41) is 2.63. The number of amides is 2. The summed E-state index contributed by atoms with van der Waals surface area (Å²) in [6.07, 6.45) is 0. The van der Waals surface area contributed by atoms with Crippen LogP contribution in [-0.2, 0) is 9.59 Å². The van der Waals surface area contributed by atoms with Crippen molar-refractivity contribution in [3.63, 3.8) is 0 Å². The van der Waals surface area contributed by atoms with Gasteiger partial charge >= 0.3 is 0 Å². The predicted molar refractivity (Wildman–Crippen MR) is 53.8 cm³/mol. The van der Waals surface area contributed by atoms with Crippen LogP contribution in [0.4, 0.5) is 0 Å². The molecule has 1 rings (SSSR count). The molecule has 0 saturated carbocycles. The number of hydrogen-bond acceptors (Lipinski definition) is 2. The van der Waals surface area contributed by atoms with Crippen molar-refractivity contribution in [3.05, 3.63) is 11.6 Å². The van der Waals surface area contributed by atoms with Gasteiger partial charge in [0.2, 0.25) is 5.91 Å². The minimum absolute atomic E-state index is 0.0622. The van der Waals surface area contributed by atoms with Gasteiger partial charge in [-0.1, -0.05) is 18.2 Å². The Bertz CT molecular complexity index is 299. The second-order valence-electron chi connectivity index (χ2n) is 3.68. The van der Waals surface area contributed by atoms with E-state index < -0.39 is 5.54 Å². The summed E-state index contributed by atoms with van der Waals surface area (Å²) in [6.45, 7) is 7.64. The van der Waals surface area contributed by atoms with Gasteiger partial charge in [0.05, 0.1) is 5.03 Å². The van der Waals surface area contributed by atoms with Crippen molar-refractivity contribution in [2.24, 2.45) is 0 Å². The monoisotopic (exact) mass is 216 g/mol. The third-order valence-corrected chi connectivity index (χ3v) is 2.49. The van der Waals surface area contributed by atoms with E-state index in [0.717, 1.165) is 0 Å². The molecule has 0 aromatic rings. The summed E-state index contributed by atoms with van der Waals surface area (Å²) >= 11 is 5.52. The summed E-state index contributed by atoms with van der Waals surface area (Å²) < 4.78 is 0. The molecule has 2 amide bonds. The Morgan fingerprint density at radius 1 is 1.64 bits per heavy atom. The number of carbonyl (C=O) groups is 2. The van der Waals surface area contributed by atoms with E-state index in [4.69, 9.17) is 11.6 Å². The predicted octanol–water partition coefficient (Wildman–Crippen LogP) is 0.476. The van der Waals surface area contributed by atoms with Gasteiger partial charge < -0.3 is 10.2 Å². The lowest BCUT2D eigenvalue weighted by Crippen LogP contribution is -2.63. The van der Waals surface area contributed by atoms with Crippen LogP contribution in [0.5, 0.6) is 0 Å². The van der Waals surface area contributed by atoms with E-state index in [9.17, 15) is 9.59 Å². The van der Waals surface area contributed by atoms with Crippen LogP contribution in [-0.4, -0.2) is 35.3 Å². The fraction of sp³-hybridized carbons (Fsp3) is 0.556. The first-order chi connectivity index (χ1) is 6.37. The first kappa shape index (κ1) is 11.0. The lowest BCUT2D eigenvalue weighted by atomic mass is 9.99. The van der Waals surface area contributed by atoms with Crippen LogP contribution < -0.4 is 5.32 Å². The molecular formula is C9H13ClN2O2. The van der Waals surface area contributed by atoms with E-state index >= 15 is 0 Å². The van der Waals surface area contributed by atoms with Crippen LogP contribution in [0.1, 0.15) is 13.8 Å². The quantitative estimate of drug-likeness (QED) is 0.648. The first-order valence-corrected chi connectivity index (χ1v) is 4.70. The van der Waals surface area contributed by atoms with Crippen LogP contribution in [0.3, 0.4) is 0 Å². The summed E-state index contributed by atoms with van der Waals surface area (Å²) in [7, 11) is 0. The maximum absolute atomic E-state index is 11.6. The molecule has 0 bridgehead atoms. The fourth-order valence-electron chi connectivity index (χ4n) is 1.40. The lowest BCUT2D eigenvalue weighted by Gasteiger charge is -2.40. The van der Waals surface area contributed by atoms with Crippen molar-refractivity contribution in [2.45, 2.75) is 19.4 Å². The second kappa shape index (κ2) is 3.61. The Hall–Kier alpha value is -1.03. The largest absolute Gasteiger partial charge is 0.352 e. The molecule has 1 fully saturated rings. The van der Waals surface area contributed by atoms with Gasteiger partial charge in [-0.2, -0.15) is 0 Å². The second-order valence-corrected chi connectivity index (χ2v) is 4.13. The molecule has 1 aliphatic rings. The van der Waals surface area contributed by atoms with E-state index in [1.54, 1.807) is 13.8 Å². The van der Waals surface area contributed by atoms with Gasteiger partial charge in [-0.25, -0.2) is 0 Å². The minimum Gasteiger partial charge on any atom is -0.352 e. The number of piperazine rings is 1. The number of halogens is 1. The minimum atomic E-state index is -0.854. The van der Waals surface area contributed by atoms with Crippen molar-refractivity contribution >= 4 is 23.4 Å². The molecule has 0 atom stereocenters. The van der Waals surface area contributed by atoms with Crippen LogP contribution in [0.2, 0.25) is 0 Å². The zero-order chi connectivity index (χ0) is 10.9. The Morgan fingerprint density at radius 3 is 2.71 bits per heavy atom. The highest BCUT2D eigenvalue weighted by Gasteiger charge is 2.40. The molecule has 1 aliphatic heterocycles.